The van der Waals surface area contributed by atoms with Gasteiger partial charge in [-0.1, -0.05) is 0 Å². The summed E-state index contributed by atoms with van der Waals surface area (Å²) < 4.78 is 26.3. The van der Waals surface area contributed by atoms with E-state index >= 15 is 0 Å². The van der Waals surface area contributed by atoms with Crippen LogP contribution in [0.3, 0.4) is 0 Å². The van der Waals surface area contributed by atoms with E-state index in [1.165, 1.54) is 0 Å². The number of carbonyl (C=O) groups excluding carboxylic acids is 1. The van der Waals surface area contributed by atoms with E-state index in [4.69, 9.17) is 5.73 Å². The average Bonchev–Trinajstić information content (AvgIpc) is 2.69. The smallest absolute Gasteiger partial charge is 0.224 e. The van der Waals surface area contributed by atoms with Gasteiger partial charge in [0.1, 0.15) is 11.6 Å². The van der Waals surface area contributed by atoms with Gasteiger partial charge in [-0.3, -0.25) is 4.79 Å². The number of nitrogens with one attached hydrogen (secondary N) is 1. The molecule has 1 aliphatic rings. The number of benzene rings is 1. The second-order valence-electron chi connectivity index (χ2n) is 4.75. The van der Waals surface area contributed by atoms with Gasteiger partial charge in [-0.25, -0.2) is 8.78 Å². The molecule has 1 aromatic rings. The highest BCUT2D eigenvalue weighted by atomic mass is 19.1. The summed E-state index contributed by atoms with van der Waals surface area (Å²) in [6.45, 7) is 0. The van der Waals surface area contributed by atoms with Gasteiger partial charge >= 0.3 is 0 Å². The largest absolute Gasteiger partial charge is 0.353 e. The molecule has 3 nitrogen and oxygen atoms in total. The molecule has 5 heteroatoms. The van der Waals surface area contributed by atoms with Crippen molar-refractivity contribution in [2.75, 3.05) is 0 Å². The number of hydrogen-bond acceptors (Lipinski definition) is 2. The van der Waals surface area contributed by atoms with Crippen LogP contribution in [0.4, 0.5) is 8.78 Å². The lowest BCUT2D eigenvalue weighted by Crippen LogP contribution is -2.35. The second-order valence-corrected chi connectivity index (χ2v) is 4.75. The molecule has 0 aliphatic heterocycles. The zero-order valence-corrected chi connectivity index (χ0v) is 9.96. The minimum absolute atomic E-state index is 0.0594. The number of carbonyl (C=O) groups is 1. The normalized spacial score (nSPS) is 23.1. The first kappa shape index (κ1) is 13.0. The third-order valence-electron chi connectivity index (χ3n) is 3.20. The molecule has 0 bridgehead atoms. The fraction of sp³-hybridized carbons (Fsp3) is 0.462. The van der Waals surface area contributed by atoms with Crippen molar-refractivity contribution in [3.05, 3.63) is 35.4 Å². The van der Waals surface area contributed by atoms with Crippen molar-refractivity contribution in [2.45, 2.75) is 37.8 Å². The predicted molar refractivity (Wildman–Crippen MR) is 63.8 cm³/mol. The second kappa shape index (κ2) is 5.44. The minimum atomic E-state index is -0.560. The van der Waals surface area contributed by atoms with Crippen LogP contribution in [0.1, 0.15) is 24.8 Å². The molecule has 2 rings (SSSR count). The van der Waals surface area contributed by atoms with Crippen molar-refractivity contribution < 1.29 is 13.6 Å². The molecule has 1 amide bonds. The molecule has 0 aromatic heterocycles. The zero-order valence-electron chi connectivity index (χ0n) is 9.96. The van der Waals surface area contributed by atoms with E-state index in [1.807, 2.05) is 0 Å². The molecule has 98 valence electrons. The first-order valence-electron chi connectivity index (χ1n) is 6.03. The van der Waals surface area contributed by atoms with Gasteiger partial charge in [0.05, 0.1) is 6.42 Å². The van der Waals surface area contributed by atoms with Crippen LogP contribution in [0, 0.1) is 11.6 Å². The highest BCUT2D eigenvalue weighted by Crippen LogP contribution is 2.17. The first-order chi connectivity index (χ1) is 8.54. The maximum Gasteiger partial charge on any atom is 0.224 e. The predicted octanol–water partition coefficient (Wildman–Crippen LogP) is 1.50. The Morgan fingerprint density at radius 1 is 1.39 bits per heavy atom. The highest BCUT2D eigenvalue weighted by Gasteiger charge is 2.23. The fourth-order valence-corrected chi connectivity index (χ4v) is 2.28. The van der Waals surface area contributed by atoms with Crippen molar-refractivity contribution in [2.24, 2.45) is 5.73 Å². The third-order valence-corrected chi connectivity index (χ3v) is 3.20. The van der Waals surface area contributed by atoms with Gasteiger partial charge in [0.2, 0.25) is 5.91 Å². The van der Waals surface area contributed by atoms with Gasteiger partial charge in [0.15, 0.2) is 0 Å². The van der Waals surface area contributed by atoms with Crippen LogP contribution in [0.5, 0.6) is 0 Å². The molecule has 1 aromatic carbocycles. The lowest BCUT2D eigenvalue weighted by molar-refractivity contribution is -0.121. The topological polar surface area (TPSA) is 55.1 Å². The van der Waals surface area contributed by atoms with Crippen LogP contribution in [0.25, 0.3) is 0 Å². The molecule has 0 radical (unpaired) electrons. The van der Waals surface area contributed by atoms with Crippen molar-refractivity contribution in [1.29, 1.82) is 0 Å². The number of rotatable bonds is 3. The SMILES string of the molecule is NC1CCC(NC(=O)Cc2cc(F)ccc2F)C1. The molecule has 1 fully saturated rings. The van der Waals surface area contributed by atoms with Gasteiger partial charge < -0.3 is 11.1 Å². The summed E-state index contributed by atoms with van der Waals surface area (Å²) in [7, 11) is 0. The molecular weight excluding hydrogens is 238 g/mol. The van der Waals surface area contributed by atoms with Crippen molar-refractivity contribution >= 4 is 5.91 Å². The Hall–Kier alpha value is -1.49. The van der Waals surface area contributed by atoms with Crippen LogP contribution in [0.2, 0.25) is 0 Å². The summed E-state index contributed by atoms with van der Waals surface area (Å²) in [6.07, 6.45) is 2.34. The number of halogens is 2. The van der Waals surface area contributed by atoms with Crippen LogP contribution < -0.4 is 11.1 Å². The maximum absolute atomic E-state index is 13.3. The standard InChI is InChI=1S/C13H16F2N2O/c14-9-1-4-12(15)8(5-9)6-13(18)17-11-3-2-10(16)7-11/h1,4-5,10-11H,2-3,6-7,16H2,(H,17,18). The zero-order chi connectivity index (χ0) is 13.1. The van der Waals surface area contributed by atoms with E-state index in [0.29, 0.717) is 0 Å². The van der Waals surface area contributed by atoms with E-state index in [-0.39, 0.29) is 30.0 Å². The summed E-state index contributed by atoms with van der Waals surface area (Å²) in [5.41, 5.74) is 5.82. The first-order valence-corrected chi connectivity index (χ1v) is 6.03. The van der Waals surface area contributed by atoms with E-state index in [1.54, 1.807) is 0 Å². The van der Waals surface area contributed by atoms with Crippen molar-refractivity contribution in [3.8, 4) is 0 Å². The fourth-order valence-electron chi connectivity index (χ4n) is 2.28. The molecule has 2 unspecified atom stereocenters. The molecule has 0 heterocycles. The third kappa shape index (κ3) is 3.26. The Morgan fingerprint density at radius 3 is 2.83 bits per heavy atom. The van der Waals surface area contributed by atoms with Crippen LogP contribution >= 0.6 is 0 Å². The van der Waals surface area contributed by atoms with Crippen LogP contribution in [0.15, 0.2) is 18.2 Å². The molecule has 1 saturated carbocycles. The highest BCUT2D eigenvalue weighted by molar-refractivity contribution is 5.78. The van der Waals surface area contributed by atoms with E-state index in [9.17, 15) is 13.6 Å². The minimum Gasteiger partial charge on any atom is -0.353 e. The van der Waals surface area contributed by atoms with E-state index < -0.39 is 11.6 Å². The maximum atomic E-state index is 13.3. The van der Waals surface area contributed by atoms with Gasteiger partial charge in [0, 0.05) is 17.6 Å². The molecule has 2 atom stereocenters. The summed E-state index contributed by atoms with van der Waals surface area (Å²) in [5, 5.41) is 2.80. The van der Waals surface area contributed by atoms with Crippen molar-refractivity contribution in [1.82, 2.24) is 5.32 Å². The quantitative estimate of drug-likeness (QED) is 0.859. The van der Waals surface area contributed by atoms with Gasteiger partial charge in [-0.15, -0.1) is 0 Å². The van der Waals surface area contributed by atoms with Crippen molar-refractivity contribution in [3.63, 3.8) is 0 Å². The molecule has 0 spiro atoms. The number of amides is 1. The summed E-state index contributed by atoms with van der Waals surface area (Å²) >= 11 is 0. The Kier molecular flexibility index (Phi) is 3.91. The monoisotopic (exact) mass is 254 g/mol. The van der Waals surface area contributed by atoms with Crippen LogP contribution in [-0.2, 0) is 11.2 Å². The Bertz CT molecular complexity index is 451. The Morgan fingerprint density at radius 2 is 2.17 bits per heavy atom. The lowest BCUT2D eigenvalue weighted by Gasteiger charge is -2.12. The van der Waals surface area contributed by atoms with Gasteiger partial charge in [-0.2, -0.15) is 0 Å². The summed E-state index contributed by atoms with van der Waals surface area (Å²) in [6, 6.07) is 3.30. The molecule has 18 heavy (non-hydrogen) atoms. The Labute approximate surface area is 104 Å². The number of nitrogens with two attached hydrogens (primary N) is 1. The average molecular weight is 254 g/mol. The summed E-state index contributed by atoms with van der Waals surface area (Å²) in [5.74, 6) is -1.39. The molecule has 0 saturated heterocycles. The van der Waals surface area contributed by atoms with Gasteiger partial charge in [0.25, 0.3) is 0 Å². The van der Waals surface area contributed by atoms with Crippen LogP contribution in [-0.4, -0.2) is 18.0 Å². The molecule has 3 N–H and O–H groups in total. The van der Waals surface area contributed by atoms with Gasteiger partial charge in [-0.05, 0) is 37.5 Å². The Balaban J connectivity index is 1.92. The molecule has 1 aliphatic carbocycles. The van der Waals surface area contributed by atoms with E-state index in [2.05, 4.69) is 5.32 Å². The lowest BCUT2D eigenvalue weighted by atomic mass is 10.1. The molecular formula is C13H16F2N2O. The summed E-state index contributed by atoms with van der Waals surface area (Å²) in [4.78, 5) is 11.7. The number of hydrogen-bond donors (Lipinski definition) is 2. The van der Waals surface area contributed by atoms with E-state index in [0.717, 1.165) is 37.5 Å².